The number of aromatic hydroxyl groups is 1. The van der Waals surface area contributed by atoms with Crippen molar-refractivity contribution < 1.29 is 34.4 Å². The van der Waals surface area contributed by atoms with Gasteiger partial charge in [-0.05, 0) is 99.5 Å². The first-order valence-electron chi connectivity index (χ1n) is 13.9. The first kappa shape index (κ1) is 29.3. The Morgan fingerprint density at radius 3 is 2.36 bits per heavy atom. The van der Waals surface area contributed by atoms with Gasteiger partial charge in [-0.15, -0.1) is 0 Å². The summed E-state index contributed by atoms with van der Waals surface area (Å²) in [5.41, 5.74) is 14.1. The minimum atomic E-state index is -1.30. The van der Waals surface area contributed by atoms with Gasteiger partial charge in [-0.2, -0.15) is 0 Å². The van der Waals surface area contributed by atoms with Crippen LogP contribution in [0.5, 0.6) is 11.5 Å². The molecule has 1 fully saturated rings. The van der Waals surface area contributed by atoms with E-state index in [2.05, 4.69) is 0 Å². The van der Waals surface area contributed by atoms with Crippen LogP contribution in [0.4, 0.5) is 0 Å². The molecule has 10 nitrogen and oxygen atoms in total. The van der Waals surface area contributed by atoms with Gasteiger partial charge in [-0.1, -0.05) is 12.1 Å². The number of phenolic OH excluding ortho intramolecular Hbond substituents is 1. The van der Waals surface area contributed by atoms with Crippen LogP contribution in [0.3, 0.4) is 0 Å². The fourth-order valence-corrected chi connectivity index (χ4v) is 7.10. The molecule has 0 radical (unpaired) electrons. The maximum absolute atomic E-state index is 14.0. The van der Waals surface area contributed by atoms with Crippen molar-refractivity contribution in [1.82, 2.24) is 4.90 Å². The number of aliphatic hydroxyl groups excluding tert-OH is 2. The molecule has 5 rings (SSSR count). The molecule has 0 spiro atoms. The van der Waals surface area contributed by atoms with E-state index in [1.54, 1.807) is 32.2 Å². The van der Waals surface area contributed by atoms with Crippen LogP contribution in [0.2, 0.25) is 0 Å². The number of rotatable bonds is 6. The number of ether oxygens (including phenoxy) is 1. The minimum absolute atomic E-state index is 0.0428. The van der Waals surface area contributed by atoms with Crippen molar-refractivity contribution in [3.05, 3.63) is 63.9 Å². The topological polar surface area (TPSA) is 176 Å². The van der Waals surface area contributed by atoms with Crippen LogP contribution in [0.1, 0.15) is 37.0 Å². The van der Waals surface area contributed by atoms with Gasteiger partial charge in [-0.25, -0.2) is 0 Å². The number of amides is 1. The summed E-state index contributed by atoms with van der Waals surface area (Å²) in [4.78, 5) is 41.2. The van der Waals surface area contributed by atoms with E-state index in [1.165, 1.54) is 6.07 Å². The number of aliphatic hydroxyl groups is 2. The predicted octanol–water partition coefficient (Wildman–Crippen LogP) is 2.80. The molecule has 2 aromatic rings. The molecule has 7 N–H and O–H groups in total. The first-order valence-corrected chi connectivity index (χ1v) is 13.9. The average molecular weight is 576 g/mol. The number of ketones is 2. The quantitative estimate of drug-likeness (QED) is 0.256. The molecule has 0 aliphatic heterocycles. The molecular formula is C32H37N3O7. The van der Waals surface area contributed by atoms with E-state index in [4.69, 9.17) is 16.2 Å². The second-order valence-corrected chi connectivity index (χ2v) is 12.5. The normalized spacial score (nSPS) is 24.0. The summed E-state index contributed by atoms with van der Waals surface area (Å²) >= 11 is 0. The number of carbonyl (C=O) groups excluding carboxylic acids is 3. The summed E-state index contributed by atoms with van der Waals surface area (Å²) in [6.07, 6.45) is 1.11. The summed E-state index contributed by atoms with van der Waals surface area (Å²) in [5, 5.41) is 33.5. The fourth-order valence-electron chi connectivity index (χ4n) is 7.10. The number of nitrogens with zero attached hydrogens (tertiary/aromatic N) is 1. The van der Waals surface area contributed by atoms with Crippen LogP contribution in [0.25, 0.3) is 16.9 Å². The third-order valence-electron chi connectivity index (χ3n) is 8.70. The minimum Gasteiger partial charge on any atom is -0.510 e. The number of methoxy groups -OCH3 is 1. The number of allylic oxidation sites excluding steroid dienone is 1. The molecule has 2 aromatic carbocycles. The zero-order chi connectivity index (χ0) is 30.8. The van der Waals surface area contributed by atoms with Crippen molar-refractivity contribution in [1.29, 1.82) is 0 Å². The zero-order valence-electron chi connectivity index (χ0n) is 24.4. The molecule has 0 saturated heterocycles. The summed E-state index contributed by atoms with van der Waals surface area (Å²) in [6.45, 7) is 3.86. The molecule has 0 heterocycles. The maximum atomic E-state index is 14.0. The van der Waals surface area contributed by atoms with Crippen molar-refractivity contribution in [3.8, 4) is 22.6 Å². The van der Waals surface area contributed by atoms with E-state index >= 15 is 0 Å². The lowest BCUT2D eigenvalue weighted by atomic mass is 9.59. The number of phenols is 1. The highest BCUT2D eigenvalue weighted by Crippen LogP contribution is 2.52. The molecular weight excluding hydrogens is 538 g/mol. The van der Waals surface area contributed by atoms with Gasteiger partial charge < -0.3 is 31.5 Å². The van der Waals surface area contributed by atoms with Crippen molar-refractivity contribution in [2.24, 2.45) is 29.2 Å². The molecule has 222 valence electrons. The van der Waals surface area contributed by atoms with Crippen molar-refractivity contribution in [2.75, 3.05) is 21.2 Å². The van der Waals surface area contributed by atoms with E-state index in [0.717, 1.165) is 16.7 Å². The highest BCUT2D eigenvalue weighted by atomic mass is 16.5. The summed E-state index contributed by atoms with van der Waals surface area (Å²) in [7, 11) is 4.95. The Kier molecular flexibility index (Phi) is 7.19. The highest BCUT2D eigenvalue weighted by molar-refractivity contribution is 6.28. The SMILES string of the molecule is COc1ccc(CC(C)(C)N)c(-c2ccc(O)c3c2CC2CC4C(C(=O)C(C(N)=O)=C(O)[C@H]4N(C)C)C(=O)C2=C3O)c1. The second kappa shape index (κ2) is 10.3. The van der Waals surface area contributed by atoms with E-state index in [9.17, 15) is 29.7 Å². The van der Waals surface area contributed by atoms with Gasteiger partial charge in [0.05, 0.1) is 24.6 Å². The lowest BCUT2D eigenvalue weighted by Crippen LogP contribution is -2.55. The Hall–Kier alpha value is -4.15. The molecule has 10 heteroatoms. The summed E-state index contributed by atoms with van der Waals surface area (Å²) in [5.74, 6) is -5.45. The van der Waals surface area contributed by atoms with Crippen LogP contribution < -0.4 is 16.2 Å². The third-order valence-corrected chi connectivity index (χ3v) is 8.70. The number of carbonyl (C=O) groups is 3. The standard InChI is InChI=1S/C32H37N3O7/c1-32(2,34)13-14-6-7-16(42-5)12-18(14)17-8-9-21(36)23-19(17)10-15-11-20-24(28(38)22(15)27(23)37)29(39)25(31(33)41)30(40)26(20)35(3)4/h6-9,12,15,20,24,26,36-37,40H,10-11,13,34H2,1-5H3,(H2,33,41)/t15?,20?,24?,26-/m0/s1. The van der Waals surface area contributed by atoms with Gasteiger partial charge in [0.1, 0.15) is 28.6 Å². The molecule has 1 saturated carbocycles. The lowest BCUT2D eigenvalue weighted by Gasteiger charge is -2.46. The lowest BCUT2D eigenvalue weighted by molar-refractivity contribution is -0.136. The van der Waals surface area contributed by atoms with E-state index in [-0.39, 0.29) is 35.5 Å². The number of nitrogens with two attached hydrogens (primary N) is 2. The number of fused-ring (bicyclic) bond motifs is 3. The van der Waals surface area contributed by atoms with Gasteiger partial charge >= 0.3 is 0 Å². The van der Waals surface area contributed by atoms with Crippen LogP contribution in [0, 0.1) is 17.8 Å². The van der Waals surface area contributed by atoms with Gasteiger partial charge in [-0.3, -0.25) is 19.3 Å². The first-order chi connectivity index (χ1) is 19.7. The van der Waals surface area contributed by atoms with Gasteiger partial charge in [0.15, 0.2) is 11.6 Å². The summed E-state index contributed by atoms with van der Waals surface area (Å²) < 4.78 is 5.51. The van der Waals surface area contributed by atoms with Crippen LogP contribution >= 0.6 is 0 Å². The van der Waals surface area contributed by atoms with Gasteiger partial charge in [0.2, 0.25) is 0 Å². The van der Waals surface area contributed by atoms with Crippen molar-refractivity contribution >= 4 is 23.2 Å². The Bertz CT molecular complexity index is 1580. The Labute approximate surface area is 244 Å². The van der Waals surface area contributed by atoms with E-state index < -0.39 is 58.1 Å². The number of hydrogen-bond donors (Lipinski definition) is 5. The molecule has 3 aliphatic rings. The molecule has 3 unspecified atom stereocenters. The monoisotopic (exact) mass is 575 g/mol. The smallest absolute Gasteiger partial charge is 0.255 e. The molecule has 42 heavy (non-hydrogen) atoms. The maximum Gasteiger partial charge on any atom is 0.255 e. The van der Waals surface area contributed by atoms with Crippen molar-refractivity contribution in [2.45, 2.75) is 44.7 Å². The Balaban J connectivity index is 1.70. The van der Waals surface area contributed by atoms with E-state index in [1.807, 2.05) is 32.0 Å². The van der Waals surface area contributed by atoms with Crippen LogP contribution in [-0.4, -0.2) is 70.5 Å². The Morgan fingerprint density at radius 1 is 1.07 bits per heavy atom. The number of Topliss-reactive ketones (excluding diaryl/α,β-unsaturated/α-hetero) is 2. The second-order valence-electron chi connectivity index (χ2n) is 12.5. The molecule has 0 aromatic heterocycles. The van der Waals surface area contributed by atoms with E-state index in [0.29, 0.717) is 17.7 Å². The van der Waals surface area contributed by atoms with Gasteiger partial charge in [0.25, 0.3) is 5.91 Å². The van der Waals surface area contributed by atoms with Gasteiger partial charge in [0, 0.05) is 11.1 Å². The van der Waals surface area contributed by atoms with Crippen molar-refractivity contribution in [3.63, 3.8) is 0 Å². The fraction of sp³-hybridized carbons (Fsp3) is 0.406. The largest absolute Gasteiger partial charge is 0.510 e. The molecule has 3 aliphatic carbocycles. The molecule has 4 atom stereocenters. The van der Waals surface area contributed by atoms with Crippen LogP contribution in [-0.2, 0) is 27.2 Å². The van der Waals surface area contributed by atoms with Crippen LogP contribution in [0.15, 0.2) is 47.2 Å². The summed E-state index contributed by atoms with van der Waals surface area (Å²) in [6, 6.07) is 8.14. The number of hydrogen-bond acceptors (Lipinski definition) is 9. The number of benzene rings is 2. The Morgan fingerprint density at radius 2 is 1.76 bits per heavy atom. The number of likely N-dealkylation sites (N-methyl/N-ethyl adjacent to an activating group) is 1. The average Bonchev–Trinajstić information content (AvgIpc) is 2.87. The molecule has 1 amide bonds. The third kappa shape index (κ3) is 4.64. The highest BCUT2D eigenvalue weighted by Gasteiger charge is 2.55. The molecule has 0 bridgehead atoms. The predicted molar refractivity (Wildman–Crippen MR) is 157 cm³/mol. The number of primary amides is 1. The zero-order valence-corrected chi connectivity index (χ0v) is 24.4.